The molecule has 0 amide bonds. The lowest BCUT2D eigenvalue weighted by Gasteiger charge is -2.13. The zero-order valence-corrected chi connectivity index (χ0v) is 9.20. The molecule has 80 valence electrons. The van der Waals surface area contributed by atoms with Crippen LogP contribution in [0.15, 0.2) is 18.5 Å². The molecule has 2 nitrogen and oxygen atoms in total. The van der Waals surface area contributed by atoms with E-state index < -0.39 is 0 Å². The predicted octanol–water partition coefficient (Wildman–Crippen LogP) is 3.01. The smallest absolute Gasteiger partial charge is 0.133 e. The Morgan fingerprint density at radius 1 is 1.33 bits per heavy atom. The van der Waals surface area contributed by atoms with Gasteiger partial charge in [-0.1, -0.05) is 12.5 Å². The summed E-state index contributed by atoms with van der Waals surface area (Å²) in [6.45, 7) is 2.05. The van der Waals surface area contributed by atoms with Gasteiger partial charge in [0.15, 0.2) is 0 Å². The summed E-state index contributed by atoms with van der Waals surface area (Å²) in [4.78, 5) is 15.7. The van der Waals surface area contributed by atoms with Crippen LogP contribution in [0, 0.1) is 6.92 Å². The average molecular weight is 203 g/mol. The van der Waals surface area contributed by atoms with Crippen molar-refractivity contribution < 1.29 is 4.79 Å². The highest BCUT2D eigenvalue weighted by Gasteiger charge is 2.19. The topological polar surface area (TPSA) is 30.0 Å². The Morgan fingerprint density at radius 2 is 2.20 bits per heavy atom. The summed E-state index contributed by atoms with van der Waals surface area (Å²) in [5.74, 6) is 0.825. The van der Waals surface area contributed by atoms with E-state index in [1.165, 1.54) is 17.5 Å². The van der Waals surface area contributed by atoms with E-state index in [0.717, 1.165) is 19.3 Å². The molecule has 15 heavy (non-hydrogen) atoms. The van der Waals surface area contributed by atoms with Crippen molar-refractivity contribution in [2.45, 2.75) is 44.9 Å². The molecule has 1 heterocycles. The SMILES string of the molecule is Cc1cncc(C2CCCCC(=O)C2)c1. The number of hydrogen-bond donors (Lipinski definition) is 0. The zero-order chi connectivity index (χ0) is 10.7. The maximum absolute atomic E-state index is 11.5. The number of pyridine rings is 1. The van der Waals surface area contributed by atoms with Crippen molar-refractivity contribution in [1.29, 1.82) is 0 Å². The Kier molecular flexibility index (Phi) is 3.14. The molecule has 0 N–H and O–H groups in total. The third kappa shape index (κ3) is 2.65. The van der Waals surface area contributed by atoms with Crippen molar-refractivity contribution in [3.63, 3.8) is 0 Å². The fraction of sp³-hybridized carbons (Fsp3) is 0.538. The summed E-state index contributed by atoms with van der Waals surface area (Å²) in [6.07, 6.45) is 8.63. The first-order chi connectivity index (χ1) is 7.25. The third-order valence-electron chi connectivity index (χ3n) is 3.10. The Morgan fingerprint density at radius 3 is 3.00 bits per heavy atom. The van der Waals surface area contributed by atoms with Crippen LogP contribution in [-0.4, -0.2) is 10.8 Å². The van der Waals surface area contributed by atoms with Crippen molar-refractivity contribution in [3.05, 3.63) is 29.6 Å². The van der Waals surface area contributed by atoms with Gasteiger partial charge in [0.1, 0.15) is 5.78 Å². The van der Waals surface area contributed by atoms with Gasteiger partial charge in [0.05, 0.1) is 0 Å². The van der Waals surface area contributed by atoms with E-state index in [4.69, 9.17) is 0 Å². The largest absolute Gasteiger partial charge is 0.300 e. The summed E-state index contributed by atoms with van der Waals surface area (Å²) in [5.41, 5.74) is 2.43. The highest BCUT2D eigenvalue weighted by atomic mass is 16.1. The molecule has 0 radical (unpaired) electrons. The van der Waals surface area contributed by atoms with Crippen LogP contribution in [0.4, 0.5) is 0 Å². The van der Waals surface area contributed by atoms with Gasteiger partial charge in [-0.15, -0.1) is 0 Å². The first-order valence-corrected chi connectivity index (χ1v) is 5.69. The van der Waals surface area contributed by atoms with Crippen LogP contribution in [0.2, 0.25) is 0 Å². The quantitative estimate of drug-likeness (QED) is 0.657. The Bertz CT molecular complexity index is 359. The minimum atomic E-state index is 0.410. The molecule has 0 aromatic carbocycles. The van der Waals surface area contributed by atoms with Gasteiger partial charge >= 0.3 is 0 Å². The monoisotopic (exact) mass is 203 g/mol. The molecule has 2 rings (SSSR count). The number of rotatable bonds is 1. The molecular weight excluding hydrogens is 186 g/mol. The first kappa shape index (κ1) is 10.3. The fourth-order valence-electron chi connectivity index (χ4n) is 2.28. The minimum absolute atomic E-state index is 0.410. The van der Waals surface area contributed by atoms with Crippen LogP contribution in [0.3, 0.4) is 0 Å². The number of Topliss-reactive ketones (excluding diaryl/α,β-unsaturated/α-hetero) is 1. The minimum Gasteiger partial charge on any atom is -0.300 e. The average Bonchev–Trinajstić information content (AvgIpc) is 2.43. The van der Waals surface area contributed by atoms with Gasteiger partial charge < -0.3 is 0 Å². The van der Waals surface area contributed by atoms with Gasteiger partial charge in [0.25, 0.3) is 0 Å². The van der Waals surface area contributed by atoms with Crippen LogP contribution >= 0.6 is 0 Å². The van der Waals surface area contributed by atoms with Gasteiger partial charge in [-0.25, -0.2) is 0 Å². The van der Waals surface area contributed by atoms with E-state index in [9.17, 15) is 4.79 Å². The first-order valence-electron chi connectivity index (χ1n) is 5.69. The van der Waals surface area contributed by atoms with Crippen LogP contribution in [0.25, 0.3) is 0 Å². The molecule has 1 aromatic heterocycles. The summed E-state index contributed by atoms with van der Waals surface area (Å²) >= 11 is 0. The molecule has 0 spiro atoms. The molecule has 0 bridgehead atoms. The summed E-state index contributed by atoms with van der Waals surface area (Å²) < 4.78 is 0. The van der Waals surface area contributed by atoms with Gasteiger partial charge in [-0.3, -0.25) is 9.78 Å². The van der Waals surface area contributed by atoms with Crippen molar-refractivity contribution in [2.75, 3.05) is 0 Å². The van der Waals surface area contributed by atoms with E-state index in [0.29, 0.717) is 18.1 Å². The molecule has 1 aliphatic rings. The van der Waals surface area contributed by atoms with Crippen molar-refractivity contribution in [2.24, 2.45) is 0 Å². The van der Waals surface area contributed by atoms with Crippen molar-refractivity contribution in [1.82, 2.24) is 4.98 Å². The van der Waals surface area contributed by atoms with E-state index in [1.807, 2.05) is 12.4 Å². The van der Waals surface area contributed by atoms with Crippen molar-refractivity contribution >= 4 is 5.78 Å². The van der Waals surface area contributed by atoms with Gasteiger partial charge in [0.2, 0.25) is 0 Å². The third-order valence-corrected chi connectivity index (χ3v) is 3.10. The number of hydrogen-bond acceptors (Lipinski definition) is 2. The molecular formula is C13H17NO. The summed E-state index contributed by atoms with van der Waals surface area (Å²) in [5, 5.41) is 0. The normalized spacial score (nSPS) is 22.5. The van der Waals surface area contributed by atoms with Gasteiger partial charge in [-0.2, -0.15) is 0 Å². The highest BCUT2D eigenvalue weighted by molar-refractivity contribution is 5.79. The van der Waals surface area contributed by atoms with Crippen LogP contribution in [-0.2, 0) is 4.79 Å². The molecule has 1 atom stereocenters. The molecule has 2 heteroatoms. The number of carbonyl (C=O) groups is 1. The lowest BCUT2D eigenvalue weighted by Crippen LogP contribution is -2.04. The molecule has 1 aromatic rings. The Labute approximate surface area is 90.7 Å². The molecule has 1 saturated carbocycles. The lowest BCUT2D eigenvalue weighted by atomic mass is 9.92. The number of ketones is 1. The molecule has 1 aliphatic carbocycles. The van der Waals surface area contributed by atoms with E-state index in [1.54, 1.807) is 0 Å². The lowest BCUT2D eigenvalue weighted by molar-refractivity contribution is -0.119. The maximum atomic E-state index is 11.5. The van der Waals surface area contributed by atoms with Crippen LogP contribution in [0.1, 0.15) is 49.1 Å². The van der Waals surface area contributed by atoms with E-state index in [2.05, 4.69) is 18.0 Å². The van der Waals surface area contributed by atoms with E-state index in [-0.39, 0.29) is 0 Å². The maximum Gasteiger partial charge on any atom is 0.133 e. The second kappa shape index (κ2) is 4.56. The summed E-state index contributed by atoms with van der Waals surface area (Å²) in [6, 6.07) is 2.16. The van der Waals surface area contributed by atoms with Crippen LogP contribution in [0.5, 0.6) is 0 Å². The van der Waals surface area contributed by atoms with E-state index >= 15 is 0 Å². The Hall–Kier alpha value is -1.18. The van der Waals surface area contributed by atoms with Crippen molar-refractivity contribution in [3.8, 4) is 0 Å². The molecule has 0 aliphatic heterocycles. The zero-order valence-electron chi connectivity index (χ0n) is 9.20. The predicted molar refractivity (Wildman–Crippen MR) is 59.8 cm³/mol. The summed E-state index contributed by atoms with van der Waals surface area (Å²) in [7, 11) is 0. The van der Waals surface area contributed by atoms with Crippen LogP contribution < -0.4 is 0 Å². The molecule has 1 fully saturated rings. The molecule has 0 saturated heterocycles. The van der Waals surface area contributed by atoms with Gasteiger partial charge in [-0.05, 0) is 36.8 Å². The fourth-order valence-corrected chi connectivity index (χ4v) is 2.28. The van der Waals surface area contributed by atoms with Gasteiger partial charge in [0, 0.05) is 25.2 Å². The number of aromatic nitrogens is 1. The second-order valence-corrected chi connectivity index (χ2v) is 4.48. The molecule has 1 unspecified atom stereocenters. The number of nitrogens with zero attached hydrogens (tertiary/aromatic N) is 1. The number of carbonyl (C=O) groups excluding carboxylic acids is 1. The number of aryl methyl sites for hydroxylation is 1. The highest BCUT2D eigenvalue weighted by Crippen LogP contribution is 2.29. The standard InChI is InChI=1S/C13H17NO/c1-10-6-12(9-14-8-10)11-4-2-3-5-13(15)7-11/h6,8-9,11H,2-5,7H2,1H3. The second-order valence-electron chi connectivity index (χ2n) is 4.48. The Balaban J connectivity index is 2.18.